The average molecular weight is 401 g/mol. The Hall–Kier alpha value is -3.33. The van der Waals surface area contributed by atoms with E-state index in [0.29, 0.717) is 31.2 Å². The summed E-state index contributed by atoms with van der Waals surface area (Å²) >= 11 is 0. The van der Waals surface area contributed by atoms with Crippen LogP contribution in [-0.2, 0) is 11.3 Å². The van der Waals surface area contributed by atoms with E-state index in [1.54, 1.807) is 6.92 Å². The van der Waals surface area contributed by atoms with E-state index in [0.717, 1.165) is 11.3 Å². The van der Waals surface area contributed by atoms with Gasteiger partial charge in [0.1, 0.15) is 19.0 Å². The standard InChI is InChI=1S/C20H23N3O6/c1-13(20(24)21-16-6-5-15(23(25)26)11-18(16)27-3)22(2)12-14-4-7-17-19(10-14)29-9-8-28-17/h4-7,10-11,13H,8-9,12H2,1-3H3,(H,21,24)/t13-/m0/s1. The summed E-state index contributed by atoms with van der Waals surface area (Å²) in [5.41, 5.74) is 1.26. The lowest BCUT2D eigenvalue weighted by Crippen LogP contribution is -2.39. The SMILES string of the molecule is COc1cc([N+](=O)[O-])ccc1NC(=O)[C@H](C)N(C)Cc1ccc2c(c1)OCCO2. The molecule has 0 radical (unpaired) electrons. The lowest BCUT2D eigenvalue weighted by Gasteiger charge is -2.25. The Morgan fingerprint density at radius 2 is 1.97 bits per heavy atom. The van der Waals surface area contributed by atoms with Gasteiger partial charge in [0.2, 0.25) is 5.91 Å². The van der Waals surface area contributed by atoms with Crippen LogP contribution in [0.25, 0.3) is 0 Å². The van der Waals surface area contributed by atoms with Crippen molar-refractivity contribution in [2.24, 2.45) is 0 Å². The van der Waals surface area contributed by atoms with Gasteiger partial charge in [-0.15, -0.1) is 0 Å². The van der Waals surface area contributed by atoms with Gasteiger partial charge in [-0.3, -0.25) is 19.8 Å². The van der Waals surface area contributed by atoms with Crippen molar-refractivity contribution in [3.63, 3.8) is 0 Å². The summed E-state index contributed by atoms with van der Waals surface area (Å²) in [7, 11) is 3.24. The smallest absolute Gasteiger partial charge is 0.273 e. The van der Waals surface area contributed by atoms with Crippen LogP contribution >= 0.6 is 0 Å². The van der Waals surface area contributed by atoms with Gasteiger partial charge >= 0.3 is 0 Å². The number of amides is 1. The highest BCUT2D eigenvalue weighted by atomic mass is 16.6. The second-order valence-corrected chi connectivity index (χ2v) is 6.70. The number of methoxy groups -OCH3 is 1. The molecule has 1 aliphatic rings. The largest absolute Gasteiger partial charge is 0.494 e. The molecule has 0 bridgehead atoms. The monoisotopic (exact) mass is 401 g/mol. The number of anilines is 1. The number of carbonyl (C=O) groups is 1. The summed E-state index contributed by atoms with van der Waals surface area (Å²) in [6.45, 7) is 3.37. The zero-order valence-corrected chi connectivity index (χ0v) is 16.5. The van der Waals surface area contributed by atoms with Crippen LogP contribution in [0.3, 0.4) is 0 Å². The number of fused-ring (bicyclic) bond motifs is 1. The Kier molecular flexibility index (Phi) is 6.18. The molecular formula is C20H23N3O6. The molecule has 2 aromatic rings. The van der Waals surface area contributed by atoms with Crippen molar-refractivity contribution < 1.29 is 23.9 Å². The first-order valence-electron chi connectivity index (χ1n) is 9.11. The summed E-state index contributed by atoms with van der Waals surface area (Å²) in [6.07, 6.45) is 0. The van der Waals surface area contributed by atoms with Gasteiger partial charge in [-0.2, -0.15) is 0 Å². The van der Waals surface area contributed by atoms with Gasteiger partial charge in [0.05, 0.1) is 29.8 Å². The number of nitrogens with one attached hydrogen (secondary N) is 1. The van der Waals surface area contributed by atoms with Gasteiger partial charge in [-0.05, 0) is 37.7 Å². The zero-order valence-electron chi connectivity index (χ0n) is 16.5. The predicted octanol–water partition coefficient (Wildman–Crippen LogP) is 2.83. The molecule has 0 unspecified atom stereocenters. The highest BCUT2D eigenvalue weighted by Gasteiger charge is 2.21. The summed E-state index contributed by atoms with van der Waals surface area (Å²) in [5.74, 6) is 1.40. The third-order valence-corrected chi connectivity index (χ3v) is 4.73. The van der Waals surface area contributed by atoms with Crippen molar-refractivity contribution in [1.29, 1.82) is 0 Å². The van der Waals surface area contributed by atoms with Crippen LogP contribution in [0.4, 0.5) is 11.4 Å². The number of rotatable bonds is 7. The Bertz CT molecular complexity index is 917. The fourth-order valence-corrected chi connectivity index (χ4v) is 2.95. The number of non-ortho nitro benzene ring substituents is 1. The molecule has 0 aliphatic carbocycles. The van der Waals surface area contributed by atoms with Crippen molar-refractivity contribution in [1.82, 2.24) is 4.90 Å². The Balaban J connectivity index is 1.66. The van der Waals surface area contributed by atoms with Crippen LogP contribution in [0.5, 0.6) is 17.2 Å². The van der Waals surface area contributed by atoms with E-state index >= 15 is 0 Å². The summed E-state index contributed by atoms with van der Waals surface area (Å²) in [4.78, 5) is 25.0. The van der Waals surface area contributed by atoms with E-state index < -0.39 is 11.0 Å². The van der Waals surface area contributed by atoms with E-state index in [1.165, 1.54) is 25.3 Å². The molecule has 1 amide bonds. The molecule has 0 aromatic heterocycles. The Morgan fingerprint density at radius 3 is 2.66 bits per heavy atom. The van der Waals surface area contributed by atoms with Crippen molar-refractivity contribution in [2.75, 3.05) is 32.7 Å². The number of carbonyl (C=O) groups excluding carboxylic acids is 1. The first kappa shape index (κ1) is 20.4. The van der Waals surface area contributed by atoms with Crippen LogP contribution < -0.4 is 19.5 Å². The molecule has 0 saturated carbocycles. The second-order valence-electron chi connectivity index (χ2n) is 6.70. The number of nitro groups is 1. The van der Waals surface area contributed by atoms with E-state index in [4.69, 9.17) is 14.2 Å². The molecule has 0 fully saturated rings. The van der Waals surface area contributed by atoms with Crippen molar-refractivity contribution in [3.8, 4) is 17.2 Å². The van der Waals surface area contributed by atoms with Crippen LogP contribution in [0.1, 0.15) is 12.5 Å². The average Bonchev–Trinajstić information content (AvgIpc) is 2.73. The minimum Gasteiger partial charge on any atom is -0.494 e. The van der Waals surface area contributed by atoms with Gasteiger partial charge in [0.25, 0.3) is 5.69 Å². The van der Waals surface area contributed by atoms with Gasteiger partial charge in [-0.25, -0.2) is 0 Å². The van der Waals surface area contributed by atoms with Gasteiger partial charge in [-0.1, -0.05) is 6.07 Å². The third-order valence-electron chi connectivity index (χ3n) is 4.73. The summed E-state index contributed by atoms with van der Waals surface area (Å²) in [5, 5.41) is 13.7. The maximum Gasteiger partial charge on any atom is 0.273 e. The molecule has 154 valence electrons. The summed E-state index contributed by atoms with van der Waals surface area (Å²) in [6, 6.07) is 9.32. The van der Waals surface area contributed by atoms with Crippen molar-refractivity contribution in [2.45, 2.75) is 19.5 Å². The van der Waals surface area contributed by atoms with Crippen LogP contribution in [0.15, 0.2) is 36.4 Å². The van der Waals surface area contributed by atoms with E-state index in [2.05, 4.69) is 5.32 Å². The molecule has 1 atom stereocenters. The van der Waals surface area contributed by atoms with E-state index in [-0.39, 0.29) is 17.3 Å². The van der Waals surface area contributed by atoms with Gasteiger partial charge in [0.15, 0.2) is 11.5 Å². The first-order valence-corrected chi connectivity index (χ1v) is 9.11. The molecule has 0 spiro atoms. The van der Waals surface area contributed by atoms with Crippen LogP contribution in [0, 0.1) is 10.1 Å². The highest BCUT2D eigenvalue weighted by Crippen LogP contribution is 2.31. The Labute approximate surface area is 168 Å². The molecule has 1 aliphatic heterocycles. The maximum atomic E-state index is 12.7. The van der Waals surface area contributed by atoms with Crippen molar-refractivity contribution >= 4 is 17.3 Å². The van der Waals surface area contributed by atoms with Crippen molar-refractivity contribution in [3.05, 3.63) is 52.1 Å². The lowest BCUT2D eigenvalue weighted by molar-refractivity contribution is -0.384. The number of benzene rings is 2. The molecule has 9 nitrogen and oxygen atoms in total. The number of hydrogen-bond acceptors (Lipinski definition) is 7. The highest BCUT2D eigenvalue weighted by molar-refractivity contribution is 5.96. The third kappa shape index (κ3) is 4.75. The maximum absolute atomic E-state index is 12.7. The summed E-state index contributed by atoms with van der Waals surface area (Å²) < 4.78 is 16.3. The topological polar surface area (TPSA) is 103 Å². The molecule has 3 rings (SSSR count). The molecule has 9 heteroatoms. The van der Waals surface area contributed by atoms with E-state index in [9.17, 15) is 14.9 Å². The number of nitro benzene ring substituents is 1. The number of likely N-dealkylation sites (N-methyl/N-ethyl adjacent to an activating group) is 1. The van der Waals surface area contributed by atoms with Gasteiger partial charge < -0.3 is 19.5 Å². The molecule has 0 saturated heterocycles. The minimum atomic E-state index is -0.516. The molecular weight excluding hydrogens is 378 g/mol. The first-order chi connectivity index (χ1) is 13.9. The molecule has 29 heavy (non-hydrogen) atoms. The fourth-order valence-electron chi connectivity index (χ4n) is 2.95. The van der Waals surface area contributed by atoms with Crippen LogP contribution in [0.2, 0.25) is 0 Å². The zero-order chi connectivity index (χ0) is 21.0. The predicted molar refractivity (Wildman–Crippen MR) is 107 cm³/mol. The van der Waals surface area contributed by atoms with Crippen LogP contribution in [-0.4, -0.2) is 49.1 Å². The fraction of sp³-hybridized carbons (Fsp3) is 0.350. The normalized spacial score (nSPS) is 13.7. The Morgan fingerprint density at radius 1 is 1.24 bits per heavy atom. The minimum absolute atomic E-state index is 0.108. The second kappa shape index (κ2) is 8.78. The quantitative estimate of drug-likeness (QED) is 0.562. The number of ether oxygens (including phenoxy) is 3. The molecule has 2 aromatic carbocycles. The lowest BCUT2D eigenvalue weighted by atomic mass is 10.1. The van der Waals surface area contributed by atoms with Gasteiger partial charge in [0, 0.05) is 12.6 Å². The number of nitrogens with zero attached hydrogens (tertiary/aromatic N) is 2. The van der Waals surface area contributed by atoms with E-state index in [1.807, 2.05) is 30.1 Å². The molecule has 1 N–H and O–H groups in total. The molecule has 1 heterocycles. The number of hydrogen-bond donors (Lipinski definition) is 1.